The maximum absolute atomic E-state index is 12.1. The van der Waals surface area contributed by atoms with Crippen LogP contribution in [0.2, 0.25) is 0 Å². The minimum atomic E-state index is 0.0574. The van der Waals surface area contributed by atoms with E-state index in [0.717, 1.165) is 24.2 Å². The van der Waals surface area contributed by atoms with Gasteiger partial charge in [-0.2, -0.15) is 0 Å². The van der Waals surface area contributed by atoms with Crippen LogP contribution in [-0.4, -0.2) is 42.5 Å². The monoisotopic (exact) mass is 273 g/mol. The molecule has 0 fully saturated rings. The lowest BCUT2D eigenvalue weighted by Gasteiger charge is -2.26. The molecule has 0 bridgehead atoms. The van der Waals surface area contributed by atoms with Crippen molar-refractivity contribution in [2.75, 3.05) is 26.7 Å². The zero-order valence-corrected chi connectivity index (χ0v) is 12.5. The molecule has 0 atom stereocenters. The smallest absolute Gasteiger partial charge is 0.320 e. The number of carbonyl (C=O) groups excluding carboxylic acids is 1. The van der Waals surface area contributed by atoms with Crippen LogP contribution in [0.5, 0.6) is 0 Å². The SMILES string of the molecule is CCN(CC)C(=O)N(C)Cc1ccc(C#CCN)cc1. The molecule has 0 spiro atoms. The average molecular weight is 273 g/mol. The predicted molar refractivity (Wildman–Crippen MR) is 82.2 cm³/mol. The van der Waals surface area contributed by atoms with E-state index in [9.17, 15) is 4.79 Å². The fourth-order valence-electron chi connectivity index (χ4n) is 1.92. The lowest BCUT2D eigenvalue weighted by molar-refractivity contribution is 0.165. The van der Waals surface area contributed by atoms with Crippen molar-refractivity contribution in [3.63, 3.8) is 0 Å². The third-order valence-electron chi connectivity index (χ3n) is 3.07. The molecule has 4 nitrogen and oxygen atoms in total. The quantitative estimate of drug-likeness (QED) is 0.852. The van der Waals surface area contributed by atoms with Crippen LogP contribution in [0.1, 0.15) is 25.0 Å². The van der Waals surface area contributed by atoms with Gasteiger partial charge in [0, 0.05) is 32.2 Å². The number of rotatable bonds is 4. The minimum absolute atomic E-state index is 0.0574. The van der Waals surface area contributed by atoms with E-state index in [0.29, 0.717) is 13.1 Å². The summed E-state index contributed by atoms with van der Waals surface area (Å²) in [7, 11) is 1.82. The van der Waals surface area contributed by atoms with Crippen LogP contribution in [0.4, 0.5) is 4.79 Å². The first-order valence-corrected chi connectivity index (χ1v) is 6.90. The Kier molecular flexibility index (Phi) is 6.61. The van der Waals surface area contributed by atoms with E-state index in [1.165, 1.54) is 0 Å². The zero-order valence-electron chi connectivity index (χ0n) is 12.5. The van der Waals surface area contributed by atoms with Gasteiger partial charge in [0.15, 0.2) is 0 Å². The van der Waals surface area contributed by atoms with E-state index in [4.69, 9.17) is 5.73 Å². The maximum atomic E-state index is 12.1. The zero-order chi connectivity index (χ0) is 15.0. The van der Waals surface area contributed by atoms with Crippen LogP contribution in [-0.2, 0) is 6.54 Å². The summed E-state index contributed by atoms with van der Waals surface area (Å²) in [6.07, 6.45) is 0. The van der Waals surface area contributed by atoms with Crippen LogP contribution in [0, 0.1) is 11.8 Å². The molecule has 0 unspecified atom stereocenters. The number of nitrogens with two attached hydrogens (primary N) is 1. The van der Waals surface area contributed by atoms with Gasteiger partial charge in [-0.15, -0.1) is 0 Å². The highest BCUT2D eigenvalue weighted by Crippen LogP contribution is 2.08. The van der Waals surface area contributed by atoms with E-state index in [1.54, 1.807) is 9.80 Å². The van der Waals surface area contributed by atoms with Crippen LogP contribution in [0.25, 0.3) is 0 Å². The number of benzene rings is 1. The van der Waals surface area contributed by atoms with Crippen molar-refractivity contribution < 1.29 is 4.79 Å². The molecule has 0 aliphatic rings. The average Bonchev–Trinajstić information content (AvgIpc) is 2.47. The second kappa shape index (κ2) is 8.23. The van der Waals surface area contributed by atoms with Crippen molar-refractivity contribution in [1.82, 2.24) is 9.80 Å². The van der Waals surface area contributed by atoms with E-state index < -0.39 is 0 Å². The third-order valence-corrected chi connectivity index (χ3v) is 3.07. The summed E-state index contributed by atoms with van der Waals surface area (Å²) < 4.78 is 0. The van der Waals surface area contributed by atoms with Crippen molar-refractivity contribution in [1.29, 1.82) is 0 Å². The summed E-state index contributed by atoms with van der Waals surface area (Å²) in [6, 6.07) is 7.95. The standard InChI is InChI=1S/C16H23N3O/c1-4-19(5-2)16(20)18(3)13-15-10-8-14(9-11-15)7-6-12-17/h8-11H,4-5,12-13,17H2,1-3H3. The number of amides is 2. The molecule has 0 aliphatic carbocycles. The molecule has 0 radical (unpaired) electrons. The summed E-state index contributed by atoms with van der Waals surface area (Å²) in [5.74, 6) is 5.80. The fraction of sp³-hybridized carbons (Fsp3) is 0.438. The highest BCUT2D eigenvalue weighted by atomic mass is 16.2. The Balaban J connectivity index is 2.66. The number of hydrogen-bond acceptors (Lipinski definition) is 2. The number of hydrogen-bond donors (Lipinski definition) is 1. The molecule has 0 saturated carbocycles. The molecule has 0 aliphatic heterocycles. The molecule has 1 aromatic rings. The van der Waals surface area contributed by atoms with Gasteiger partial charge in [0.05, 0.1) is 6.54 Å². The highest BCUT2D eigenvalue weighted by Gasteiger charge is 2.14. The molecule has 108 valence electrons. The topological polar surface area (TPSA) is 49.6 Å². The largest absolute Gasteiger partial charge is 0.325 e. The van der Waals surface area contributed by atoms with E-state index in [1.807, 2.05) is 45.2 Å². The Hall–Kier alpha value is -1.99. The Morgan fingerprint density at radius 1 is 1.20 bits per heavy atom. The predicted octanol–water partition coefficient (Wildman–Crippen LogP) is 1.89. The van der Waals surface area contributed by atoms with Crippen molar-refractivity contribution in [3.05, 3.63) is 35.4 Å². The van der Waals surface area contributed by atoms with E-state index in [-0.39, 0.29) is 6.03 Å². The molecule has 1 aromatic carbocycles. The van der Waals surface area contributed by atoms with Crippen LogP contribution in [0.3, 0.4) is 0 Å². The Morgan fingerprint density at radius 3 is 2.30 bits per heavy atom. The van der Waals surface area contributed by atoms with Gasteiger partial charge < -0.3 is 15.5 Å². The summed E-state index contributed by atoms with van der Waals surface area (Å²) in [5, 5.41) is 0. The molecule has 0 aromatic heterocycles. The fourth-order valence-corrected chi connectivity index (χ4v) is 1.92. The summed E-state index contributed by atoms with van der Waals surface area (Å²) >= 11 is 0. The van der Waals surface area contributed by atoms with Gasteiger partial charge in [0.2, 0.25) is 0 Å². The summed E-state index contributed by atoms with van der Waals surface area (Å²) in [4.78, 5) is 15.7. The lowest BCUT2D eigenvalue weighted by Crippen LogP contribution is -2.40. The molecule has 0 heterocycles. The normalized spacial score (nSPS) is 9.60. The molecule has 1 rings (SSSR count). The highest BCUT2D eigenvalue weighted by molar-refractivity contribution is 5.74. The van der Waals surface area contributed by atoms with Crippen LogP contribution in [0.15, 0.2) is 24.3 Å². The number of carbonyl (C=O) groups is 1. The third kappa shape index (κ3) is 4.60. The summed E-state index contributed by atoms with van der Waals surface area (Å²) in [6.45, 7) is 6.39. The molecule has 2 N–H and O–H groups in total. The first-order chi connectivity index (χ1) is 9.62. The van der Waals surface area contributed by atoms with Gasteiger partial charge in [-0.3, -0.25) is 0 Å². The summed E-state index contributed by atoms with van der Waals surface area (Å²) in [5.41, 5.74) is 7.37. The number of nitrogens with zero attached hydrogens (tertiary/aromatic N) is 2. The van der Waals surface area contributed by atoms with Gasteiger partial charge in [0.1, 0.15) is 0 Å². The Labute approximate surface area is 121 Å². The van der Waals surface area contributed by atoms with E-state index >= 15 is 0 Å². The second-order valence-electron chi connectivity index (χ2n) is 4.51. The van der Waals surface area contributed by atoms with Gasteiger partial charge in [-0.05, 0) is 31.5 Å². The van der Waals surface area contributed by atoms with Crippen molar-refractivity contribution in [3.8, 4) is 11.8 Å². The number of urea groups is 1. The van der Waals surface area contributed by atoms with Crippen molar-refractivity contribution in [2.45, 2.75) is 20.4 Å². The molecule has 4 heteroatoms. The first-order valence-electron chi connectivity index (χ1n) is 6.90. The van der Waals surface area contributed by atoms with Gasteiger partial charge in [-0.1, -0.05) is 24.0 Å². The van der Waals surface area contributed by atoms with E-state index in [2.05, 4.69) is 11.8 Å². The Bertz CT molecular complexity index is 481. The first kappa shape index (κ1) is 16.1. The van der Waals surface area contributed by atoms with Gasteiger partial charge in [0.25, 0.3) is 0 Å². The minimum Gasteiger partial charge on any atom is -0.325 e. The lowest BCUT2D eigenvalue weighted by atomic mass is 10.1. The molecular weight excluding hydrogens is 250 g/mol. The van der Waals surface area contributed by atoms with Gasteiger partial charge in [-0.25, -0.2) is 4.79 Å². The molecule has 0 saturated heterocycles. The van der Waals surface area contributed by atoms with Crippen molar-refractivity contribution >= 4 is 6.03 Å². The van der Waals surface area contributed by atoms with Crippen LogP contribution >= 0.6 is 0 Å². The van der Waals surface area contributed by atoms with Crippen molar-refractivity contribution in [2.24, 2.45) is 5.73 Å². The van der Waals surface area contributed by atoms with Gasteiger partial charge >= 0.3 is 6.03 Å². The Morgan fingerprint density at radius 2 is 1.80 bits per heavy atom. The molecular formula is C16H23N3O. The maximum Gasteiger partial charge on any atom is 0.320 e. The van der Waals surface area contributed by atoms with Crippen LogP contribution < -0.4 is 5.73 Å². The molecule has 20 heavy (non-hydrogen) atoms. The second-order valence-corrected chi connectivity index (χ2v) is 4.51. The molecule has 2 amide bonds.